The first-order valence-electron chi connectivity index (χ1n) is 6.97. The molecule has 1 aromatic rings. The maximum atomic E-state index is 11.2. The predicted molar refractivity (Wildman–Crippen MR) is 76.9 cm³/mol. The number of aromatic carboxylic acids is 1. The van der Waals surface area contributed by atoms with Crippen LogP contribution in [-0.4, -0.2) is 42.2 Å². The number of hydrogen-bond donors (Lipinski definition) is 2. The third kappa shape index (κ3) is 3.70. The van der Waals surface area contributed by atoms with Crippen molar-refractivity contribution in [3.63, 3.8) is 0 Å². The summed E-state index contributed by atoms with van der Waals surface area (Å²) in [6.45, 7) is 6.05. The molecule has 0 saturated carbocycles. The van der Waals surface area contributed by atoms with Gasteiger partial charge in [0.1, 0.15) is 0 Å². The fourth-order valence-electron chi connectivity index (χ4n) is 2.60. The van der Waals surface area contributed by atoms with Crippen LogP contribution in [0.4, 0.5) is 5.69 Å². The van der Waals surface area contributed by atoms with Crippen molar-refractivity contribution in [2.45, 2.75) is 26.2 Å². The Morgan fingerprint density at radius 3 is 2.74 bits per heavy atom. The Balaban J connectivity index is 1.93. The number of nitrogens with zero attached hydrogens (tertiary/aromatic N) is 1. The van der Waals surface area contributed by atoms with E-state index in [2.05, 4.69) is 10.2 Å². The van der Waals surface area contributed by atoms with E-state index in [1.165, 1.54) is 32.4 Å². The van der Waals surface area contributed by atoms with Crippen LogP contribution in [0.5, 0.6) is 0 Å². The van der Waals surface area contributed by atoms with Gasteiger partial charge in [-0.15, -0.1) is 0 Å². The van der Waals surface area contributed by atoms with Crippen molar-refractivity contribution in [1.29, 1.82) is 0 Å². The minimum absolute atomic E-state index is 0.360. The van der Waals surface area contributed by atoms with E-state index in [0.29, 0.717) is 5.56 Å². The van der Waals surface area contributed by atoms with E-state index in [9.17, 15) is 9.90 Å². The quantitative estimate of drug-likeness (QED) is 0.856. The summed E-state index contributed by atoms with van der Waals surface area (Å²) in [5, 5.41) is 12.5. The van der Waals surface area contributed by atoms with E-state index >= 15 is 0 Å². The van der Waals surface area contributed by atoms with Crippen LogP contribution in [0, 0.1) is 6.92 Å². The van der Waals surface area contributed by atoms with Crippen LogP contribution >= 0.6 is 0 Å². The zero-order valence-electron chi connectivity index (χ0n) is 11.5. The molecule has 104 valence electrons. The number of carboxylic acid groups (broad SMARTS) is 1. The summed E-state index contributed by atoms with van der Waals surface area (Å²) in [5.74, 6) is -0.871. The van der Waals surface area contributed by atoms with Crippen molar-refractivity contribution in [1.82, 2.24) is 4.90 Å². The molecule has 0 amide bonds. The lowest BCUT2D eigenvalue weighted by atomic mass is 10.1. The van der Waals surface area contributed by atoms with Crippen molar-refractivity contribution < 1.29 is 9.90 Å². The normalized spacial score (nSPS) is 16.3. The molecule has 1 saturated heterocycles. The SMILES string of the molecule is Cc1cccc(C(=O)O)c1NCCN1CCCCC1. The zero-order valence-corrected chi connectivity index (χ0v) is 11.5. The second kappa shape index (κ2) is 6.57. The van der Waals surface area contributed by atoms with E-state index < -0.39 is 5.97 Å². The fourth-order valence-corrected chi connectivity index (χ4v) is 2.60. The molecule has 4 heteroatoms. The van der Waals surface area contributed by atoms with Gasteiger partial charge in [-0.05, 0) is 44.5 Å². The van der Waals surface area contributed by atoms with Gasteiger partial charge in [0.05, 0.1) is 11.3 Å². The molecule has 1 aliphatic heterocycles. The van der Waals surface area contributed by atoms with E-state index in [1.54, 1.807) is 12.1 Å². The number of anilines is 1. The summed E-state index contributed by atoms with van der Waals surface area (Å²) in [4.78, 5) is 13.6. The van der Waals surface area contributed by atoms with Crippen molar-refractivity contribution in [2.24, 2.45) is 0 Å². The number of carbonyl (C=O) groups is 1. The Morgan fingerprint density at radius 1 is 1.32 bits per heavy atom. The number of rotatable bonds is 5. The topological polar surface area (TPSA) is 52.6 Å². The number of hydrogen-bond acceptors (Lipinski definition) is 3. The molecule has 0 spiro atoms. The average Bonchev–Trinajstić information content (AvgIpc) is 2.41. The zero-order chi connectivity index (χ0) is 13.7. The molecule has 2 N–H and O–H groups in total. The van der Waals surface area contributed by atoms with Crippen molar-refractivity contribution in [3.05, 3.63) is 29.3 Å². The summed E-state index contributed by atoms with van der Waals surface area (Å²) in [5.41, 5.74) is 2.10. The van der Waals surface area contributed by atoms with Crippen LogP contribution in [0.3, 0.4) is 0 Å². The lowest BCUT2D eigenvalue weighted by Gasteiger charge is -2.26. The van der Waals surface area contributed by atoms with Gasteiger partial charge in [0.25, 0.3) is 0 Å². The molecule has 1 fully saturated rings. The van der Waals surface area contributed by atoms with Gasteiger partial charge < -0.3 is 15.3 Å². The monoisotopic (exact) mass is 262 g/mol. The maximum absolute atomic E-state index is 11.2. The number of likely N-dealkylation sites (tertiary alicyclic amines) is 1. The number of carboxylic acids is 1. The average molecular weight is 262 g/mol. The minimum Gasteiger partial charge on any atom is -0.478 e. The van der Waals surface area contributed by atoms with Crippen LogP contribution in [0.2, 0.25) is 0 Å². The molecule has 4 nitrogen and oxygen atoms in total. The molecule has 0 aliphatic carbocycles. The third-order valence-corrected chi connectivity index (χ3v) is 3.68. The standard InChI is InChI=1S/C15H22N2O2/c1-12-6-5-7-13(15(18)19)14(12)16-8-11-17-9-3-2-4-10-17/h5-7,16H,2-4,8-11H2,1H3,(H,18,19). The van der Waals surface area contributed by atoms with Crippen molar-refractivity contribution >= 4 is 11.7 Å². The number of piperidine rings is 1. The second-order valence-corrected chi connectivity index (χ2v) is 5.13. The van der Waals surface area contributed by atoms with Crippen molar-refractivity contribution in [3.8, 4) is 0 Å². The van der Waals surface area contributed by atoms with Gasteiger partial charge in [0, 0.05) is 13.1 Å². The molecule has 0 bridgehead atoms. The van der Waals surface area contributed by atoms with Gasteiger partial charge in [-0.3, -0.25) is 0 Å². The molecule has 1 heterocycles. The van der Waals surface area contributed by atoms with Crippen LogP contribution < -0.4 is 5.32 Å². The first-order valence-corrected chi connectivity index (χ1v) is 6.97. The van der Waals surface area contributed by atoms with E-state index in [1.807, 2.05) is 13.0 Å². The Morgan fingerprint density at radius 2 is 2.05 bits per heavy atom. The van der Waals surface area contributed by atoms with Gasteiger partial charge in [-0.1, -0.05) is 18.6 Å². The molecule has 19 heavy (non-hydrogen) atoms. The van der Waals surface area contributed by atoms with Crippen molar-refractivity contribution in [2.75, 3.05) is 31.5 Å². The highest BCUT2D eigenvalue weighted by Crippen LogP contribution is 2.20. The molecule has 1 aromatic carbocycles. The van der Waals surface area contributed by atoms with Crippen LogP contribution in [0.1, 0.15) is 35.2 Å². The van der Waals surface area contributed by atoms with Crippen LogP contribution in [-0.2, 0) is 0 Å². The molecule has 0 atom stereocenters. The molecule has 0 radical (unpaired) electrons. The Labute approximate surface area is 114 Å². The highest BCUT2D eigenvalue weighted by molar-refractivity contribution is 5.95. The van der Waals surface area contributed by atoms with Gasteiger partial charge >= 0.3 is 5.97 Å². The Kier molecular flexibility index (Phi) is 4.80. The second-order valence-electron chi connectivity index (χ2n) is 5.13. The molecule has 2 rings (SSSR count). The third-order valence-electron chi connectivity index (χ3n) is 3.68. The van der Waals surface area contributed by atoms with E-state index in [0.717, 1.165) is 24.3 Å². The summed E-state index contributed by atoms with van der Waals surface area (Å²) in [6, 6.07) is 5.38. The highest BCUT2D eigenvalue weighted by atomic mass is 16.4. The smallest absolute Gasteiger partial charge is 0.337 e. The number of nitrogens with one attached hydrogen (secondary N) is 1. The van der Waals surface area contributed by atoms with Gasteiger partial charge in [-0.25, -0.2) is 4.79 Å². The summed E-state index contributed by atoms with van der Waals surface area (Å²) < 4.78 is 0. The number of benzene rings is 1. The van der Waals surface area contributed by atoms with Crippen LogP contribution in [0.25, 0.3) is 0 Å². The number of aryl methyl sites for hydroxylation is 1. The molecule has 0 unspecified atom stereocenters. The van der Waals surface area contributed by atoms with Gasteiger partial charge in [-0.2, -0.15) is 0 Å². The van der Waals surface area contributed by atoms with Crippen LogP contribution in [0.15, 0.2) is 18.2 Å². The lowest BCUT2D eigenvalue weighted by molar-refractivity contribution is 0.0698. The highest BCUT2D eigenvalue weighted by Gasteiger charge is 2.13. The molecular formula is C15H22N2O2. The summed E-state index contributed by atoms with van der Waals surface area (Å²) >= 11 is 0. The fraction of sp³-hybridized carbons (Fsp3) is 0.533. The van der Waals surface area contributed by atoms with Gasteiger partial charge in [0.2, 0.25) is 0 Å². The van der Waals surface area contributed by atoms with Gasteiger partial charge in [0.15, 0.2) is 0 Å². The first-order chi connectivity index (χ1) is 9.18. The largest absolute Gasteiger partial charge is 0.478 e. The Bertz CT molecular complexity index is 440. The Hall–Kier alpha value is -1.55. The van der Waals surface area contributed by atoms with E-state index in [4.69, 9.17) is 0 Å². The molecule has 0 aromatic heterocycles. The van der Waals surface area contributed by atoms with E-state index in [-0.39, 0.29) is 0 Å². The first kappa shape index (κ1) is 13.9. The predicted octanol–water partition coefficient (Wildman–Crippen LogP) is 2.59. The molecule has 1 aliphatic rings. The maximum Gasteiger partial charge on any atom is 0.337 e. The number of para-hydroxylation sites is 1. The molecular weight excluding hydrogens is 240 g/mol. The summed E-state index contributed by atoms with van der Waals surface area (Å²) in [7, 11) is 0. The summed E-state index contributed by atoms with van der Waals surface area (Å²) in [6.07, 6.45) is 3.90. The minimum atomic E-state index is -0.871. The lowest BCUT2D eigenvalue weighted by Crippen LogP contribution is -2.33.